The van der Waals surface area contributed by atoms with E-state index in [0.717, 1.165) is 11.3 Å². The second-order valence-electron chi connectivity index (χ2n) is 3.09. The molecule has 0 aromatic heterocycles. The molecular formula is C11H10O4. The van der Waals surface area contributed by atoms with Gasteiger partial charge < -0.3 is 14.2 Å². The molecule has 0 amide bonds. The van der Waals surface area contributed by atoms with Crippen LogP contribution in [0.15, 0.2) is 36.6 Å². The predicted molar refractivity (Wildman–Crippen MR) is 52.4 cm³/mol. The topological polar surface area (TPSA) is 44.8 Å². The van der Waals surface area contributed by atoms with E-state index in [9.17, 15) is 4.79 Å². The zero-order valence-electron chi connectivity index (χ0n) is 8.23. The Kier molecular flexibility index (Phi) is 2.33. The zero-order valence-corrected chi connectivity index (χ0v) is 8.23. The number of ether oxygens (including phenoxy) is 3. The minimum absolute atomic E-state index is 0.310. The average Bonchev–Trinajstić information content (AvgIpc) is 2.58. The van der Waals surface area contributed by atoms with E-state index in [0.29, 0.717) is 5.76 Å². The number of hydrogen-bond acceptors (Lipinski definition) is 4. The van der Waals surface area contributed by atoms with Crippen molar-refractivity contribution in [2.75, 3.05) is 7.11 Å². The van der Waals surface area contributed by atoms with E-state index in [1.807, 2.05) is 0 Å². The van der Waals surface area contributed by atoms with E-state index >= 15 is 0 Å². The van der Waals surface area contributed by atoms with Gasteiger partial charge in [0.2, 0.25) is 0 Å². The summed E-state index contributed by atoms with van der Waals surface area (Å²) in [5.41, 5.74) is 0.812. The summed E-state index contributed by atoms with van der Waals surface area (Å²) < 4.78 is 14.6. The maximum atomic E-state index is 10.8. The van der Waals surface area contributed by atoms with Crippen molar-refractivity contribution in [2.24, 2.45) is 0 Å². The van der Waals surface area contributed by atoms with Crippen LogP contribution in [0.3, 0.4) is 0 Å². The van der Waals surface area contributed by atoms with Crippen molar-refractivity contribution in [3.8, 4) is 5.75 Å². The molecule has 1 atom stereocenters. The van der Waals surface area contributed by atoms with E-state index in [4.69, 9.17) is 14.2 Å². The van der Waals surface area contributed by atoms with Gasteiger partial charge in [-0.05, 0) is 12.1 Å². The Morgan fingerprint density at radius 2 is 2.00 bits per heavy atom. The number of methoxy groups -OCH3 is 1. The van der Waals surface area contributed by atoms with Gasteiger partial charge in [0.1, 0.15) is 11.5 Å². The van der Waals surface area contributed by atoms with Crippen molar-refractivity contribution in [1.82, 2.24) is 0 Å². The Balaban J connectivity index is 2.22. The number of cyclic esters (lactones) is 2. The molecule has 2 rings (SSSR count). The Labute approximate surface area is 87.1 Å². The van der Waals surface area contributed by atoms with E-state index in [1.54, 1.807) is 31.4 Å². The number of hydrogen-bond donors (Lipinski definition) is 0. The van der Waals surface area contributed by atoms with Gasteiger partial charge in [-0.15, -0.1) is 0 Å². The molecule has 1 aromatic carbocycles. The van der Waals surface area contributed by atoms with Crippen molar-refractivity contribution in [3.05, 3.63) is 42.2 Å². The van der Waals surface area contributed by atoms with Crippen molar-refractivity contribution in [1.29, 1.82) is 0 Å². The summed E-state index contributed by atoms with van der Waals surface area (Å²) in [6.45, 7) is 3.61. The summed E-state index contributed by atoms with van der Waals surface area (Å²) >= 11 is 0. The Bertz CT molecular complexity index is 394. The molecule has 78 valence electrons. The van der Waals surface area contributed by atoms with Gasteiger partial charge >= 0.3 is 6.16 Å². The molecule has 0 radical (unpaired) electrons. The molecular weight excluding hydrogens is 196 g/mol. The molecule has 0 saturated carbocycles. The average molecular weight is 206 g/mol. The van der Waals surface area contributed by atoms with Gasteiger partial charge in [0.05, 0.1) is 7.11 Å². The molecule has 0 spiro atoms. The van der Waals surface area contributed by atoms with Crippen LogP contribution in [0, 0.1) is 0 Å². The fourth-order valence-electron chi connectivity index (χ4n) is 1.38. The molecule has 15 heavy (non-hydrogen) atoms. The molecule has 4 nitrogen and oxygen atoms in total. The fraction of sp³-hybridized carbons (Fsp3) is 0.182. The second-order valence-corrected chi connectivity index (χ2v) is 3.09. The molecule has 0 N–H and O–H groups in total. The minimum atomic E-state index is -0.708. The summed E-state index contributed by atoms with van der Waals surface area (Å²) in [5, 5.41) is 0. The van der Waals surface area contributed by atoms with Gasteiger partial charge in [0.15, 0.2) is 6.10 Å². The van der Waals surface area contributed by atoms with Crippen LogP contribution in [-0.4, -0.2) is 13.3 Å². The van der Waals surface area contributed by atoms with Crippen LogP contribution >= 0.6 is 0 Å². The highest BCUT2D eigenvalue weighted by molar-refractivity contribution is 5.65. The minimum Gasteiger partial charge on any atom is -0.497 e. The van der Waals surface area contributed by atoms with Crippen molar-refractivity contribution < 1.29 is 19.0 Å². The van der Waals surface area contributed by atoms with Gasteiger partial charge in [-0.3, -0.25) is 0 Å². The maximum Gasteiger partial charge on any atom is 0.514 e. The lowest BCUT2D eigenvalue weighted by Gasteiger charge is -2.07. The van der Waals surface area contributed by atoms with Gasteiger partial charge in [-0.2, -0.15) is 0 Å². The van der Waals surface area contributed by atoms with Crippen LogP contribution < -0.4 is 4.74 Å². The standard InChI is InChI=1S/C11H10O4/c1-7-10(15-11(12)14-7)8-3-5-9(13-2)6-4-8/h3-6,10H,1H2,2H3. The third-order valence-electron chi connectivity index (χ3n) is 2.14. The lowest BCUT2D eigenvalue weighted by atomic mass is 10.1. The smallest absolute Gasteiger partial charge is 0.497 e. The molecule has 1 unspecified atom stereocenters. The monoisotopic (exact) mass is 206 g/mol. The molecule has 0 bridgehead atoms. The first-order chi connectivity index (χ1) is 7.20. The van der Waals surface area contributed by atoms with Crippen molar-refractivity contribution in [2.45, 2.75) is 6.10 Å². The Morgan fingerprint density at radius 1 is 1.33 bits per heavy atom. The summed E-state index contributed by atoms with van der Waals surface area (Å²) in [7, 11) is 1.59. The molecule has 1 fully saturated rings. The third kappa shape index (κ3) is 1.79. The number of rotatable bonds is 2. The first-order valence-corrected chi connectivity index (χ1v) is 4.42. The zero-order chi connectivity index (χ0) is 10.8. The highest BCUT2D eigenvalue weighted by Crippen LogP contribution is 2.32. The SMILES string of the molecule is C=C1OC(=O)OC1c1ccc(OC)cc1. The van der Waals surface area contributed by atoms with Gasteiger partial charge in [0, 0.05) is 5.56 Å². The van der Waals surface area contributed by atoms with Crippen LogP contribution in [0.1, 0.15) is 11.7 Å². The summed E-state index contributed by atoms with van der Waals surface area (Å²) in [4.78, 5) is 10.8. The van der Waals surface area contributed by atoms with Crippen LogP contribution in [-0.2, 0) is 9.47 Å². The Morgan fingerprint density at radius 3 is 2.47 bits per heavy atom. The summed E-state index contributed by atoms with van der Waals surface area (Å²) in [6, 6.07) is 7.18. The van der Waals surface area contributed by atoms with Gasteiger partial charge in [-0.25, -0.2) is 4.79 Å². The maximum absolute atomic E-state index is 10.8. The van der Waals surface area contributed by atoms with Crippen molar-refractivity contribution >= 4 is 6.16 Å². The predicted octanol–water partition coefficient (Wildman–Crippen LogP) is 2.42. The number of carbonyl (C=O) groups is 1. The number of carbonyl (C=O) groups excluding carboxylic acids is 1. The first-order valence-electron chi connectivity index (χ1n) is 4.42. The fourth-order valence-corrected chi connectivity index (χ4v) is 1.38. The van der Waals surface area contributed by atoms with E-state index in [1.165, 1.54) is 0 Å². The molecule has 4 heteroatoms. The first kappa shape index (κ1) is 9.58. The van der Waals surface area contributed by atoms with Crippen LogP contribution in [0.4, 0.5) is 4.79 Å². The van der Waals surface area contributed by atoms with E-state index in [-0.39, 0.29) is 0 Å². The van der Waals surface area contributed by atoms with Crippen LogP contribution in [0.25, 0.3) is 0 Å². The summed E-state index contributed by atoms with van der Waals surface area (Å²) in [6.07, 6.45) is -1.22. The molecule has 1 saturated heterocycles. The number of benzene rings is 1. The largest absolute Gasteiger partial charge is 0.514 e. The van der Waals surface area contributed by atoms with E-state index < -0.39 is 12.3 Å². The Hall–Kier alpha value is -1.97. The molecule has 0 aliphatic carbocycles. The summed E-state index contributed by atoms with van der Waals surface area (Å²) in [5.74, 6) is 1.06. The highest BCUT2D eigenvalue weighted by atomic mass is 16.8. The molecule has 1 heterocycles. The lowest BCUT2D eigenvalue weighted by molar-refractivity contribution is 0.118. The molecule has 1 aliphatic heterocycles. The quantitative estimate of drug-likeness (QED) is 0.697. The van der Waals surface area contributed by atoms with E-state index in [2.05, 4.69) is 6.58 Å². The normalized spacial score (nSPS) is 19.7. The molecule has 1 aliphatic rings. The lowest BCUT2D eigenvalue weighted by Crippen LogP contribution is -1.98. The second kappa shape index (κ2) is 3.65. The van der Waals surface area contributed by atoms with Crippen LogP contribution in [0.5, 0.6) is 5.75 Å². The molecule has 1 aromatic rings. The highest BCUT2D eigenvalue weighted by Gasteiger charge is 2.31. The van der Waals surface area contributed by atoms with Gasteiger partial charge in [0.25, 0.3) is 0 Å². The van der Waals surface area contributed by atoms with Crippen LogP contribution in [0.2, 0.25) is 0 Å². The van der Waals surface area contributed by atoms with Crippen molar-refractivity contribution in [3.63, 3.8) is 0 Å². The third-order valence-corrected chi connectivity index (χ3v) is 2.14. The van der Waals surface area contributed by atoms with Gasteiger partial charge in [-0.1, -0.05) is 18.7 Å².